The van der Waals surface area contributed by atoms with E-state index < -0.39 is 17.8 Å². The smallest absolute Gasteiger partial charge is 0.350 e. The lowest BCUT2D eigenvalue weighted by molar-refractivity contribution is 0.0607. The normalized spacial score (nSPS) is 9.95. The van der Waals surface area contributed by atoms with E-state index in [0.29, 0.717) is 10.6 Å². The van der Waals surface area contributed by atoms with Gasteiger partial charge in [0.2, 0.25) is 5.91 Å². The third-order valence-corrected chi connectivity index (χ3v) is 3.59. The number of ether oxygens (including phenoxy) is 1. The van der Waals surface area contributed by atoms with Crippen molar-refractivity contribution in [2.75, 3.05) is 12.4 Å². The van der Waals surface area contributed by atoms with Gasteiger partial charge in [0.05, 0.1) is 12.8 Å². The van der Waals surface area contributed by atoms with Crippen LogP contribution in [0.25, 0.3) is 0 Å². The molecular formula is C14H12N2O4S. The number of carbonyl (C=O) groups excluding carboxylic acids is 3. The number of methoxy groups -OCH3 is 1. The molecule has 1 heterocycles. The molecule has 0 atom stereocenters. The summed E-state index contributed by atoms with van der Waals surface area (Å²) in [6.07, 6.45) is 0. The molecule has 0 spiro atoms. The molecule has 0 bridgehead atoms. The first-order chi connectivity index (χ1) is 10.0. The molecular weight excluding hydrogens is 292 g/mol. The molecule has 2 rings (SSSR count). The van der Waals surface area contributed by atoms with Crippen molar-refractivity contribution in [1.82, 2.24) is 0 Å². The minimum atomic E-state index is -0.615. The molecule has 0 aliphatic carbocycles. The van der Waals surface area contributed by atoms with Gasteiger partial charge in [0.15, 0.2) is 0 Å². The van der Waals surface area contributed by atoms with Crippen LogP contribution in [-0.4, -0.2) is 24.9 Å². The molecule has 6 nitrogen and oxygen atoms in total. The number of rotatable bonds is 4. The highest BCUT2D eigenvalue weighted by atomic mass is 32.1. The summed E-state index contributed by atoms with van der Waals surface area (Å²) in [4.78, 5) is 35.1. The second-order valence-electron chi connectivity index (χ2n) is 4.05. The summed E-state index contributed by atoms with van der Waals surface area (Å²) >= 11 is 1.16. The first-order valence-corrected chi connectivity index (χ1v) is 6.78. The van der Waals surface area contributed by atoms with Crippen LogP contribution in [0, 0.1) is 0 Å². The molecule has 3 N–H and O–H groups in total. The van der Waals surface area contributed by atoms with Gasteiger partial charge in [-0.15, -0.1) is 11.3 Å². The molecule has 0 aliphatic rings. The Morgan fingerprint density at radius 3 is 2.57 bits per heavy atom. The van der Waals surface area contributed by atoms with Gasteiger partial charge < -0.3 is 15.8 Å². The number of benzene rings is 1. The van der Waals surface area contributed by atoms with Crippen LogP contribution in [0.2, 0.25) is 0 Å². The lowest BCUT2D eigenvalue weighted by Crippen LogP contribution is -2.16. The number of carbonyl (C=O) groups is 3. The zero-order chi connectivity index (χ0) is 15.4. The second kappa shape index (κ2) is 6.19. The highest BCUT2D eigenvalue weighted by Crippen LogP contribution is 2.23. The number of amides is 2. The van der Waals surface area contributed by atoms with Crippen molar-refractivity contribution in [2.45, 2.75) is 0 Å². The van der Waals surface area contributed by atoms with Crippen molar-refractivity contribution in [3.05, 3.63) is 51.7 Å². The van der Waals surface area contributed by atoms with E-state index in [1.54, 1.807) is 23.6 Å². The molecule has 2 amide bonds. The molecule has 0 saturated carbocycles. The van der Waals surface area contributed by atoms with Gasteiger partial charge in [-0.1, -0.05) is 6.07 Å². The zero-order valence-corrected chi connectivity index (χ0v) is 11.9. The van der Waals surface area contributed by atoms with E-state index >= 15 is 0 Å². The predicted octanol–water partition coefficient (Wildman–Crippen LogP) is 1.89. The fourth-order valence-corrected chi connectivity index (χ4v) is 2.43. The van der Waals surface area contributed by atoms with E-state index in [1.165, 1.54) is 19.2 Å². The average molecular weight is 304 g/mol. The van der Waals surface area contributed by atoms with Crippen LogP contribution in [0.5, 0.6) is 0 Å². The fourth-order valence-electron chi connectivity index (χ4n) is 1.67. The van der Waals surface area contributed by atoms with Crippen LogP contribution in [0.3, 0.4) is 0 Å². The largest absolute Gasteiger partial charge is 0.465 e. The Hall–Kier alpha value is -2.67. The zero-order valence-electron chi connectivity index (χ0n) is 11.1. The molecule has 108 valence electrons. The van der Waals surface area contributed by atoms with Crippen molar-refractivity contribution in [3.8, 4) is 0 Å². The van der Waals surface area contributed by atoms with E-state index in [9.17, 15) is 14.4 Å². The first-order valence-electron chi connectivity index (χ1n) is 5.90. The van der Waals surface area contributed by atoms with Gasteiger partial charge in [-0.05, 0) is 29.6 Å². The van der Waals surface area contributed by atoms with Crippen molar-refractivity contribution in [2.24, 2.45) is 5.73 Å². The maximum atomic E-state index is 12.1. The van der Waals surface area contributed by atoms with Crippen LogP contribution in [0.4, 0.5) is 5.69 Å². The number of hydrogen-bond donors (Lipinski definition) is 2. The van der Waals surface area contributed by atoms with Crippen LogP contribution in [0.15, 0.2) is 35.7 Å². The number of primary amides is 1. The molecule has 1 aromatic carbocycles. The quantitative estimate of drug-likeness (QED) is 0.843. The van der Waals surface area contributed by atoms with Gasteiger partial charge in [0.1, 0.15) is 4.88 Å². The highest BCUT2D eigenvalue weighted by Gasteiger charge is 2.16. The highest BCUT2D eigenvalue weighted by molar-refractivity contribution is 7.12. The molecule has 7 heteroatoms. The number of hydrogen-bond acceptors (Lipinski definition) is 5. The summed E-state index contributed by atoms with van der Waals surface area (Å²) in [5, 5.41) is 4.28. The summed E-state index contributed by atoms with van der Waals surface area (Å²) in [5.41, 5.74) is 6.04. The van der Waals surface area contributed by atoms with E-state index in [1.807, 2.05) is 0 Å². The minimum absolute atomic E-state index is 0.237. The Kier molecular flexibility index (Phi) is 4.34. The lowest BCUT2D eigenvalue weighted by atomic mass is 10.1. The maximum absolute atomic E-state index is 12.1. The van der Waals surface area contributed by atoms with Gasteiger partial charge in [-0.25, -0.2) is 4.79 Å². The number of anilines is 1. The molecule has 0 saturated heterocycles. The third-order valence-electron chi connectivity index (χ3n) is 2.69. The Morgan fingerprint density at radius 1 is 1.19 bits per heavy atom. The van der Waals surface area contributed by atoms with Crippen molar-refractivity contribution in [1.29, 1.82) is 0 Å². The van der Waals surface area contributed by atoms with Crippen LogP contribution in [0.1, 0.15) is 30.4 Å². The summed E-state index contributed by atoms with van der Waals surface area (Å²) < 4.78 is 4.63. The summed E-state index contributed by atoms with van der Waals surface area (Å²) in [6.45, 7) is 0. The number of thiophene rings is 1. The van der Waals surface area contributed by atoms with Crippen LogP contribution in [-0.2, 0) is 4.74 Å². The topological polar surface area (TPSA) is 98.5 Å². The van der Waals surface area contributed by atoms with Crippen molar-refractivity contribution < 1.29 is 19.1 Å². The summed E-state index contributed by atoms with van der Waals surface area (Å²) in [6, 6.07) is 7.62. The monoisotopic (exact) mass is 304 g/mol. The number of nitrogens with two attached hydrogens (primary N) is 1. The van der Waals surface area contributed by atoms with Crippen LogP contribution >= 0.6 is 11.3 Å². The lowest BCUT2D eigenvalue weighted by Gasteiger charge is -2.06. The molecule has 0 aliphatic heterocycles. The molecule has 2 aromatic rings. The number of nitrogens with one attached hydrogen (secondary N) is 1. The van der Waals surface area contributed by atoms with Crippen molar-refractivity contribution >= 4 is 34.8 Å². The Morgan fingerprint density at radius 2 is 1.90 bits per heavy atom. The number of esters is 1. The van der Waals surface area contributed by atoms with Gasteiger partial charge in [0.25, 0.3) is 5.91 Å². The molecule has 21 heavy (non-hydrogen) atoms. The van der Waals surface area contributed by atoms with E-state index in [2.05, 4.69) is 10.1 Å². The van der Waals surface area contributed by atoms with Crippen molar-refractivity contribution in [3.63, 3.8) is 0 Å². The third kappa shape index (κ3) is 3.26. The maximum Gasteiger partial charge on any atom is 0.350 e. The SMILES string of the molecule is COC(=O)c1sccc1NC(=O)c1cccc(C(N)=O)c1. The molecule has 0 fully saturated rings. The predicted molar refractivity (Wildman–Crippen MR) is 78.6 cm³/mol. The van der Waals surface area contributed by atoms with Gasteiger partial charge in [-0.2, -0.15) is 0 Å². The summed E-state index contributed by atoms with van der Waals surface area (Å²) in [5.74, 6) is -1.58. The first kappa shape index (κ1) is 14.7. The minimum Gasteiger partial charge on any atom is -0.465 e. The van der Waals surface area contributed by atoms with E-state index in [0.717, 1.165) is 11.3 Å². The standard InChI is InChI=1S/C14H12N2O4S/c1-20-14(19)11-10(5-6-21-11)16-13(18)9-4-2-3-8(7-9)12(15)17/h2-7H,1H3,(H2,15,17)(H,16,18). The Bertz CT molecular complexity index is 709. The average Bonchev–Trinajstić information content (AvgIpc) is 2.94. The molecule has 0 radical (unpaired) electrons. The molecule has 1 aromatic heterocycles. The van der Waals surface area contributed by atoms with E-state index in [4.69, 9.17) is 5.73 Å². The second-order valence-corrected chi connectivity index (χ2v) is 4.97. The Labute approximate surface area is 124 Å². The van der Waals surface area contributed by atoms with Crippen LogP contribution < -0.4 is 11.1 Å². The van der Waals surface area contributed by atoms with Gasteiger partial charge in [0, 0.05) is 11.1 Å². The summed E-state index contributed by atoms with van der Waals surface area (Å²) in [7, 11) is 1.27. The fraction of sp³-hybridized carbons (Fsp3) is 0.0714. The van der Waals surface area contributed by atoms with Gasteiger partial charge in [-0.3, -0.25) is 9.59 Å². The van der Waals surface area contributed by atoms with E-state index in [-0.39, 0.29) is 11.1 Å². The van der Waals surface area contributed by atoms with Gasteiger partial charge >= 0.3 is 5.97 Å². The Balaban J connectivity index is 2.23. The molecule has 0 unspecified atom stereocenters.